The van der Waals surface area contributed by atoms with Crippen LogP contribution in [0.25, 0.3) is 0 Å². The molecule has 2 heterocycles. The lowest BCUT2D eigenvalue weighted by Crippen LogP contribution is -2.29. The van der Waals surface area contributed by atoms with Gasteiger partial charge < -0.3 is 20.2 Å². The van der Waals surface area contributed by atoms with E-state index in [1.165, 1.54) is 12.1 Å². The van der Waals surface area contributed by atoms with Crippen LogP contribution < -0.4 is 11.1 Å². The van der Waals surface area contributed by atoms with Crippen molar-refractivity contribution in [2.24, 2.45) is 15.7 Å². The summed E-state index contributed by atoms with van der Waals surface area (Å²) >= 11 is 5.70. The number of carbonyl (C=O) groups excluding carboxylic acids is 1. The molecule has 1 amide bonds. The zero-order chi connectivity index (χ0) is 21.1. The first-order valence-corrected chi connectivity index (χ1v) is 9.28. The molecule has 9 heteroatoms. The summed E-state index contributed by atoms with van der Waals surface area (Å²) in [5.41, 5.74) is 8.58. The summed E-state index contributed by atoms with van der Waals surface area (Å²) in [6.45, 7) is 0. The van der Waals surface area contributed by atoms with Crippen molar-refractivity contribution in [2.75, 3.05) is 5.32 Å². The fraction of sp³-hybridized carbons (Fsp3) is 0.0476. The molecular formula is C21H16ClN5O3. The molecule has 1 atom stereocenters. The molecule has 0 aliphatic carbocycles. The number of benzodiazepines with no additional fused rings is 1. The highest BCUT2D eigenvalue weighted by atomic mass is 35.5. The fourth-order valence-corrected chi connectivity index (χ4v) is 3.04. The number of hydrogen-bond donors (Lipinski definition) is 3. The molecule has 4 rings (SSSR count). The first-order chi connectivity index (χ1) is 14.5. The first-order valence-electron chi connectivity index (χ1n) is 8.90. The van der Waals surface area contributed by atoms with Crippen LogP contribution in [0.2, 0.25) is 5.22 Å². The summed E-state index contributed by atoms with van der Waals surface area (Å²) in [7, 11) is 0. The highest BCUT2D eigenvalue weighted by Crippen LogP contribution is 2.24. The maximum Gasteiger partial charge on any atom is 0.291 e. The summed E-state index contributed by atoms with van der Waals surface area (Å²) in [4.78, 5) is 21.3. The largest absolute Gasteiger partial charge is 0.440 e. The molecule has 0 saturated carbocycles. The Labute approximate surface area is 176 Å². The van der Waals surface area contributed by atoms with Crippen LogP contribution in [0.15, 0.2) is 81.1 Å². The van der Waals surface area contributed by atoms with Crippen molar-refractivity contribution in [1.29, 1.82) is 5.41 Å². The van der Waals surface area contributed by atoms with Crippen LogP contribution in [0.3, 0.4) is 0 Å². The summed E-state index contributed by atoms with van der Waals surface area (Å²) in [5, 5.41) is 10.8. The molecule has 1 aromatic heterocycles. The molecule has 4 N–H and O–H groups in total. The van der Waals surface area contributed by atoms with Gasteiger partial charge in [-0.2, -0.15) is 4.99 Å². The average molecular weight is 422 g/mol. The van der Waals surface area contributed by atoms with Crippen molar-refractivity contribution >= 4 is 40.8 Å². The average Bonchev–Trinajstić information content (AvgIpc) is 3.13. The molecule has 0 spiro atoms. The van der Waals surface area contributed by atoms with Gasteiger partial charge in [0.1, 0.15) is 0 Å². The van der Waals surface area contributed by atoms with Gasteiger partial charge in [-0.25, -0.2) is 4.99 Å². The zero-order valence-corrected chi connectivity index (χ0v) is 16.3. The fourth-order valence-electron chi connectivity index (χ4n) is 2.90. The van der Waals surface area contributed by atoms with Gasteiger partial charge >= 0.3 is 0 Å². The number of nitrogens with zero attached hydrogens (tertiary/aromatic N) is 2. The number of carbonyl (C=O) groups is 1. The van der Waals surface area contributed by atoms with Gasteiger partial charge in [0.05, 0.1) is 11.4 Å². The van der Waals surface area contributed by atoms with Gasteiger partial charge in [-0.3, -0.25) is 10.2 Å². The van der Waals surface area contributed by atoms with Gasteiger partial charge in [0, 0.05) is 11.1 Å². The number of halogens is 1. The topological polar surface area (TPSA) is 126 Å². The summed E-state index contributed by atoms with van der Waals surface area (Å²) < 4.78 is 10.3. The maximum absolute atomic E-state index is 12.7. The first kappa shape index (κ1) is 19.4. The van der Waals surface area contributed by atoms with Gasteiger partial charge in [0.15, 0.2) is 11.0 Å². The molecule has 1 unspecified atom stereocenters. The van der Waals surface area contributed by atoms with Crippen molar-refractivity contribution < 1.29 is 13.9 Å². The number of anilines is 1. The van der Waals surface area contributed by atoms with Crippen LogP contribution in [-0.4, -0.2) is 29.7 Å². The highest BCUT2D eigenvalue weighted by molar-refractivity contribution is 6.29. The Kier molecular flexibility index (Phi) is 5.32. The number of amidine groups is 1. The number of aliphatic imine (C=N–C) groups is 2. The number of nitrogens with one attached hydrogen (secondary N) is 2. The van der Waals surface area contributed by atoms with E-state index in [9.17, 15) is 4.79 Å². The van der Waals surface area contributed by atoms with Gasteiger partial charge in [-0.15, -0.1) is 0 Å². The van der Waals surface area contributed by atoms with Crippen LogP contribution in [0.5, 0.6) is 0 Å². The number of rotatable bonds is 3. The van der Waals surface area contributed by atoms with E-state index < -0.39 is 24.0 Å². The molecule has 2 aromatic carbocycles. The van der Waals surface area contributed by atoms with E-state index in [0.29, 0.717) is 11.4 Å². The highest BCUT2D eigenvalue weighted by Gasteiger charge is 2.26. The van der Waals surface area contributed by atoms with E-state index in [1.807, 2.05) is 48.5 Å². The Morgan fingerprint density at radius 3 is 2.60 bits per heavy atom. The summed E-state index contributed by atoms with van der Waals surface area (Å²) in [5.74, 6) is -0.801. The van der Waals surface area contributed by atoms with Gasteiger partial charge in [0.2, 0.25) is 6.17 Å². The van der Waals surface area contributed by atoms with Crippen LogP contribution in [0.1, 0.15) is 16.9 Å². The number of furan rings is 1. The lowest BCUT2D eigenvalue weighted by Gasteiger charge is -2.09. The van der Waals surface area contributed by atoms with E-state index in [4.69, 9.17) is 31.9 Å². The third-order valence-corrected chi connectivity index (χ3v) is 4.43. The predicted octanol–water partition coefficient (Wildman–Crippen LogP) is 3.41. The Balaban J connectivity index is 1.68. The lowest BCUT2D eigenvalue weighted by atomic mass is 10.0. The Hall–Kier alpha value is -3.91. The minimum Gasteiger partial charge on any atom is -0.440 e. The van der Waals surface area contributed by atoms with Crippen molar-refractivity contribution in [1.82, 2.24) is 0 Å². The van der Waals surface area contributed by atoms with E-state index in [-0.39, 0.29) is 11.0 Å². The van der Waals surface area contributed by atoms with Crippen molar-refractivity contribution in [2.45, 2.75) is 6.17 Å². The quantitative estimate of drug-likeness (QED) is 0.442. The Morgan fingerprint density at radius 2 is 1.87 bits per heavy atom. The third-order valence-electron chi connectivity index (χ3n) is 4.23. The van der Waals surface area contributed by atoms with E-state index in [1.54, 1.807) is 6.07 Å². The predicted molar refractivity (Wildman–Crippen MR) is 114 cm³/mol. The molecule has 30 heavy (non-hydrogen) atoms. The number of benzene rings is 2. The van der Waals surface area contributed by atoms with Gasteiger partial charge in [-0.1, -0.05) is 48.5 Å². The molecule has 0 radical (unpaired) electrons. The second kappa shape index (κ2) is 8.22. The molecule has 0 bridgehead atoms. The molecule has 3 aromatic rings. The normalized spacial score (nSPS) is 16.2. The Bertz CT molecular complexity index is 1170. The van der Waals surface area contributed by atoms with Gasteiger partial charge in [0.25, 0.3) is 17.8 Å². The van der Waals surface area contributed by atoms with E-state index in [2.05, 4.69) is 15.3 Å². The molecule has 8 nitrogen and oxygen atoms in total. The van der Waals surface area contributed by atoms with E-state index in [0.717, 1.165) is 11.1 Å². The molecule has 0 fully saturated rings. The SMILES string of the molecule is N=C(O/C(N)=N/C1N=C(c2ccccc2)c2ccccc2NC1=O)c1ccc(Cl)o1. The van der Waals surface area contributed by atoms with Crippen molar-refractivity contribution in [3.63, 3.8) is 0 Å². The molecular weight excluding hydrogens is 406 g/mol. The van der Waals surface area contributed by atoms with Crippen LogP contribution in [0.4, 0.5) is 5.69 Å². The molecule has 150 valence electrons. The number of hydrogen-bond acceptors (Lipinski definition) is 6. The number of nitrogens with two attached hydrogens (primary N) is 1. The van der Waals surface area contributed by atoms with E-state index >= 15 is 0 Å². The second-order valence-electron chi connectivity index (χ2n) is 6.25. The minimum absolute atomic E-state index is 0.0735. The molecule has 1 aliphatic heterocycles. The van der Waals surface area contributed by atoms with Crippen LogP contribution in [-0.2, 0) is 9.53 Å². The minimum atomic E-state index is -1.21. The van der Waals surface area contributed by atoms with Crippen molar-refractivity contribution in [3.8, 4) is 0 Å². The maximum atomic E-state index is 12.7. The summed E-state index contributed by atoms with van der Waals surface area (Å²) in [6.07, 6.45) is -1.21. The number of ether oxygens (including phenoxy) is 1. The third kappa shape index (κ3) is 4.08. The standard InChI is InChI=1S/C21H16ClN5O3/c22-16-11-10-15(29-16)18(23)30-21(24)27-19-20(28)25-14-9-5-4-8-13(14)17(26-19)12-6-2-1-3-7-12/h1-11,19,23H,(H2,24,27)(H,25,28). The molecule has 0 saturated heterocycles. The van der Waals surface area contributed by atoms with Crippen LogP contribution in [0, 0.1) is 5.41 Å². The zero-order valence-electron chi connectivity index (χ0n) is 15.5. The van der Waals surface area contributed by atoms with Crippen molar-refractivity contribution in [3.05, 3.63) is 88.8 Å². The number of fused-ring (bicyclic) bond motifs is 1. The lowest BCUT2D eigenvalue weighted by molar-refractivity contribution is -0.117. The van der Waals surface area contributed by atoms with Crippen LogP contribution >= 0.6 is 11.6 Å². The molecule has 1 aliphatic rings. The smallest absolute Gasteiger partial charge is 0.291 e. The monoisotopic (exact) mass is 421 g/mol. The van der Waals surface area contributed by atoms with Gasteiger partial charge in [-0.05, 0) is 29.8 Å². The second-order valence-corrected chi connectivity index (χ2v) is 6.63. The summed E-state index contributed by atoms with van der Waals surface area (Å²) in [6, 6.07) is 19.3. The number of para-hydroxylation sites is 1. The Morgan fingerprint density at radius 1 is 1.13 bits per heavy atom. The number of amides is 1.